The van der Waals surface area contributed by atoms with Crippen LogP contribution in [0.15, 0.2) is 0 Å². The van der Waals surface area contributed by atoms with E-state index in [0.29, 0.717) is 11.7 Å². The van der Waals surface area contributed by atoms with Gasteiger partial charge in [0, 0.05) is 18.9 Å². The number of alkyl halides is 3. The number of hydrogen-bond acceptors (Lipinski definition) is 3. The normalized spacial score (nSPS) is 15.7. The molecule has 2 rings (SSSR count). The van der Waals surface area contributed by atoms with Crippen molar-refractivity contribution >= 4 is 5.91 Å². The Balaban J connectivity index is 1.73. The van der Waals surface area contributed by atoms with Crippen LogP contribution in [0, 0.1) is 0 Å². The average Bonchev–Trinajstić information content (AvgIpc) is 3.01. The minimum atomic E-state index is -4.19. The van der Waals surface area contributed by atoms with Crippen LogP contribution in [0.25, 0.3) is 0 Å². The minimum absolute atomic E-state index is 0.0103. The lowest BCUT2D eigenvalue weighted by Crippen LogP contribution is -2.26. The van der Waals surface area contributed by atoms with Crippen molar-refractivity contribution in [2.45, 2.75) is 37.8 Å². The average molecular weight is 262 g/mol. The highest BCUT2D eigenvalue weighted by molar-refractivity contribution is 5.90. The Bertz CT molecular complexity index is 425. The van der Waals surface area contributed by atoms with Gasteiger partial charge in [0.05, 0.1) is 0 Å². The van der Waals surface area contributed by atoms with Crippen LogP contribution >= 0.6 is 0 Å². The van der Waals surface area contributed by atoms with E-state index in [9.17, 15) is 18.0 Å². The number of aromatic amines is 1. The van der Waals surface area contributed by atoms with Gasteiger partial charge in [-0.15, -0.1) is 5.10 Å². The van der Waals surface area contributed by atoms with Crippen LogP contribution in [0.4, 0.5) is 13.2 Å². The molecule has 8 heteroatoms. The lowest BCUT2D eigenvalue weighted by atomic mass is 10.3. The summed E-state index contributed by atoms with van der Waals surface area (Å²) < 4.78 is 35.6. The Morgan fingerprint density at radius 1 is 1.44 bits per heavy atom. The summed E-state index contributed by atoms with van der Waals surface area (Å²) in [4.78, 5) is 15.5. The minimum Gasteiger partial charge on any atom is -0.349 e. The van der Waals surface area contributed by atoms with Gasteiger partial charge in [-0.3, -0.25) is 9.89 Å². The number of aromatic nitrogens is 3. The lowest BCUT2D eigenvalue weighted by Gasteiger charge is -2.05. The molecular weight excluding hydrogens is 249 g/mol. The maximum absolute atomic E-state index is 11.9. The number of hydrogen-bond donors (Lipinski definition) is 2. The van der Waals surface area contributed by atoms with Gasteiger partial charge in [-0.2, -0.15) is 13.2 Å². The van der Waals surface area contributed by atoms with Crippen LogP contribution < -0.4 is 5.32 Å². The molecule has 0 bridgehead atoms. The second-order valence-corrected chi connectivity index (χ2v) is 4.29. The van der Waals surface area contributed by atoms with Gasteiger partial charge in [0.2, 0.25) is 5.82 Å². The summed E-state index contributed by atoms with van der Waals surface area (Å²) in [7, 11) is 0. The molecule has 1 amide bonds. The molecule has 1 saturated carbocycles. The molecule has 0 aromatic carbocycles. The quantitative estimate of drug-likeness (QED) is 0.794. The molecule has 1 aliphatic rings. The fraction of sp³-hybridized carbons (Fsp3) is 0.700. The number of H-pyrrole nitrogens is 1. The zero-order valence-electron chi connectivity index (χ0n) is 9.55. The maximum Gasteiger partial charge on any atom is 0.389 e. The van der Waals surface area contributed by atoms with E-state index in [2.05, 4.69) is 20.5 Å². The molecule has 0 atom stereocenters. The predicted molar refractivity (Wildman–Crippen MR) is 56.0 cm³/mol. The predicted octanol–water partition coefficient (Wildman–Crippen LogP) is 1.75. The molecule has 1 fully saturated rings. The van der Waals surface area contributed by atoms with E-state index in [0.717, 1.165) is 12.8 Å². The Morgan fingerprint density at radius 3 is 2.78 bits per heavy atom. The molecule has 0 unspecified atom stereocenters. The zero-order valence-corrected chi connectivity index (χ0v) is 9.55. The first kappa shape index (κ1) is 12.8. The van der Waals surface area contributed by atoms with Crippen molar-refractivity contribution in [3.8, 4) is 0 Å². The highest BCUT2D eigenvalue weighted by Crippen LogP contribution is 2.37. The van der Waals surface area contributed by atoms with Crippen molar-refractivity contribution in [1.29, 1.82) is 0 Å². The fourth-order valence-corrected chi connectivity index (χ4v) is 1.49. The molecule has 1 aliphatic carbocycles. The third kappa shape index (κ3) is 3.71. The van der Waals surface area contributed by atoms with Gasteiger partial charge in [0.25, 0.3) is 5.91 Å². The summed E-state index contributed by atoms with van der Waals surface area (Å²) >= 11 is 0. The lowest BCUT2D eigenvalue weighted by molar-refractivity contribution is -0.135. The molecule has 0 spiro atoms. The largest absolute Gasteiger partial charge is 0.389 e. The number of nitrogens with one attached hydrogen (secondary N) is 2. The van der Waals surface area contributed by atoms with Gasteiger partial charge in [0.1, 0.15) is 5.82 Å². The number of rotatable bonds is 5. The van der Waals surface area contributed by atoms with Crippen molar-refractivity contribution in [2.24, 2.45) is 0 Å². The van der Waals surface area contributed by atoms with E-state index in [-0.39, 0.29) is 18.8 Å². The third-order valence-electron chi connectivity index (χ3n) is 2.59. The molecule has 1 heterocycles. The van der Waals surface area contributed by atoms with Crippen LogP contribution in [0.5, 0.6) is 0 Å². The van der Waals surface area contributed by atoms with Crippen molar-refractivity contribution in [3.05, 3.63) is 11.6 Å². The Labute approximate surface area is 101 Å². The van der Waals surface area contributed by atoms with Gasteiger partial charge < -0.3 is 5.32 Å². The monoisotopic (exact) mass is 262 g/mol. The zero-order chi connectivity index (χ0) is 13.2. The first-order chi connectivity index (χ1) is 8.46. The van der Waals surface area contributed by atoms with E-state index >= 15 is 0 Å². The maximum atomic E-state index is 11.9. The van der Waals surface area contributed by atoms with Crippen LogP contribution in [-0.4, -0.2) is 33.8 Å². The third-order valence-corrected chi connectivity index (χ3v) is 2.59. The molecule has 0 aliphatic heterocycles. The second kappa shape index (κ2) is 4.95. The Hall–Kier alpha value is -1.60. The summed E-state index contributed by atoms with van der Waals surface area (Å²) in [6.45, 7) is -0.0361. The highest BCUT2D eigenvalue weighted by Gasteiger charge is 2.28. The van der Waals surface area contributed by atoms with Gasteiger partial charge >= 0.3 is 6.18 Å². The summed E-state index contributed by atoms with van der Waals surface area (Å²) in [5, 5.41) is 8.76. The number of carbonyl (C=O) groups is 1. The molecule has 0 radical (unpaired) electrons. The van der Waals surface area contributed by atoms with Crippen molar-refractivity contribution in [1.82, 2.24) is 20.5 Å². The fourth-order valence-electron chi connectivity index (χ4n) is 1.49. The van der Waals surface area contributed by atoms with Gasteiger partial charge in [-0.25, -0.2) is 4.98 Å². The van der Waals surface area contributed by atoms with Gasteiger partial charge in [-0.1, -0.05) is 0 Å². The molecule has 0 saturated heterocycles. The van der Waals surface area contributed by atoms with E-state index in [4.69, 9.17) is 0 Å². The summed E-state index contributed by atoms with van der Waals surface area (Å²) in [5.41, 5.74) is 0. The van der Waals surface area contributed by atoms with Crippen molar-refractivity contribution in [2.75, 3.05) is 6.54 Å². The van der Waals surface area contributed by atoms with E-state index in [1.807, 2.05) is 0 Å². The first-order valence-corrected chi connectivity index (χ1v) is 5.73. The number of nitrogens with zero attached hydrogens (tertiary/aromatic N) is 2. The number of halogens is 3. The molecule has 2 N–H and O–H groups in total. The van der Waals surface area contributed by atoms with Crippen LogP contribution in [0.3, 0.4) is 0 Å². The standard InChI is InChI=1S/C10H13F3N4O/c11-10(12,13)4-1-5-14-9(18)8-15-7(16-17-8)6-2-3-6/h6H,1-5H2,(H,14,18)(H,15,16,17). The summed E-state index contributed by atoms with van der Waals surface area (Å²) in [5.74, 6) is 0.476. The molecule has 1 aromatic rings. The first-order valence-electron chi connectivity index (χ1n) is 5.73. The second-order valence-electron chi connectivity index (χ2n) is 4.29. The van der Waals surface area contributed by atoms with Crippen LogP contribution in [0.2, 0.25) is 0 Å². The van der Waals surface area contributed by atoms with E-state index in [1.165, 1.54) is 0 Å². The Kier molecular flexibility index (Phi) is 3.53. The van der Waals surface area contributed by atoms with Crippen molar-refractivity contribution < 1.29 is 18.0 Å². The SMILES string of the molecule is O=C(NCCCC(F)(F)F)c1n[nH]c(C2CC2)n1. The van der Waals surface area contributed by atoms with Gasteiger partial charge in [0.15, 0.2) is 0 Å². The van der Waals surface area contributed by atoms with Crippen LogP contribution in [-0.2, 0) is 0 Å². The van der Waals surface area contributed by atoms with Crippen LogP contribution in [0.1, 0.15) is 48.0 Å². The highest BCUT2D eigenvalue weighted by atomic mass is 19.4. The topological polar surface area (TPSA) is 70.7 Å². The molecule has 18 heavy (non-hydrogen) atoms. The van der Waals surface area contributed by atoms with E-state index < -0.39 is 18.5 Å². The summed E-state index contributed by atoms with van der Waals surface area (Å²) in [6.07, 6.45) is -3.18. The molecule has 5 nitrogen and oxygen atoms in total. The van der Waals surface area contributed by atoms with E-state index in [1.54, 1.807) is 0 Å². The molecule has 100 valence electrons. The Morgan fingerprint density at radius 2 is 2.17 bits per heavy atom. The summed E-state index contributed by atoms with van der Waals surface area (Å²) in [6, 6.07) is 0. The molecule has 1 aromatic heterocycles. The van der Waals surface area contributed by atoms with Gasteiger partial charge in [-0.05, 0) is 19.3 Å². The number of amides is 1. The van der Waals surface area contributed by atoms with Crippen molar-refractivity contribution in [3.63, 3.8) is 0 Å². The smallest absolute Gasteiger partial charge is 0.349 e. The number of carbonyl (C=O) groups excluding carboxylic acids is 1. The molecular formula is C10H13F3N4O.